The number of rotatable bonds is 1. The van der Waals surface area contributed by atoms with E-state index in [1.807, 2.05) is 11.9 Å². The molecule has 0 aromatic heterocycles. The first kappa shape index (κ1) is 15.7. The Morgan fingerprint density at radius 1 is 1.23 bits per heavy atom. The summed E-state index contributed by atoms with van der Waals surface area (Å²) in [6.07, 6.45) is 2.52. The minimum atomic E-state index is -3.18. The maximum absolute atomic E-state index is 12.6. The fourth-order valence-corrected chi connectivity index (χ4v) is 5.33. The van der Waals surface area contributed by atoms with Gasteiger partial charge in [-0.3, -0.25) is 9.59 Å². The Morgan fingerprint density at radius 2 is 1.82 bits per heavy atom. The van der Waals surface area contributed by atoms with E-state index in [-0.39, 0.29) is 29.2 Å². The third kappa shape index (κ3) is 2.15. The molecule has 3 rings (SSSR count). The maximum Gasteiger partial charge on any atom is 0.228 e. The van der Waals surface area contributed by atoms with Gasteiger partial charge in [0.25, 0.3) is 0 Å². The van der Waals surface area contributed by atoms with Crippen molar-refractivity contribution in [3.63, 3.8) is 0 Å². The smallest absolute Gasteiger partial charge is 0.228 e. The summed E-state index contributed by atoms with van der Waals surface area (Å²) < 4.78 is 24.9. The molecule has 0 N–H and O–H groups in total. The van der Waals surface area contributed by atoms with Gasteiger partial charge in [-0.1, -0.05) is 0 Å². The van der Waals surface area contributed by atoms with E-state index < -0.39 is 10.0 Å². The number of sulfonamides is 1. The van der Waals surface area contributed by atoms with E-state index in [2.05, 4.69) is 0 Å². The molecule has 0 aromatic rings. The molecule has 2 amide bonds. The monoisotopic (exact) mass is 329 g/mol. The number of nitrogens with zero attached hydrogens (tertiary/aromatic N) is 3. The molecule has 2 atom stereocenters. The number of piperidine rings is 1. The van der Waals surface area contributed by atoms with Crippen LogP contribution in [0.4, 0.5) is 0 Å². The zero-order valence-electron chi connectivity index (χ0n) is 13.3. The number of carbonyl (C=O) groups excluding carboxylic acids is 2. The molecule has 3 fully saturated rings. The van der Waals surface area contributed by atoms with Crippen LogP contribution in [0.25, 0.3) is 0 Å². The Hall–Kier alpha value is -1.15. The van der Waals surface area contributed by atoms with Crippen LogP contribution in [0.5, 0.6) is 0 Å². The Balaban J connectivity index is 1.84. The number of hydrogen-bond acceptors (Lipinski definition) is 4. The number of hydrogen-bond donors (Lipinski definition) is 0. The standard InChI is InChI=1S/C14H23N3O4S/c1-10(18)16-8-11-12(9-16)14(15(2)13(11)19)4-6-17(7-5-14)22(3,20)21/h11-12H,4-9H2,1-3H3/t11-,12+/m1/s1. The minimum Gasteiger partial charge on any atom is -0.342 e. The molecule has 0 unspecified atom stereocenters. The molecular weight excluding hydrogens is 306 g/mol. The van der Waals surface area contributed by atoms with Crippen LogP contribution in [0.1, 0.15) is 19.8 Å². The number of fused-ring (bicyclic) bond motifs is 2. The van der Waals surface area contributed by atoms with Crippen molar-refractivity contribution in [3.8, 4) is 0 Å². The van der Waals surface area contributed by atoms with Crippen LogP contribution in [0.15, 0.2) is 0 Å². The highest BCUT2D eigenvalue weighted by Gasteiger charge is 2.61. The van der Waals surface area contributed by atoms with Crippen LogP contribution in [0, 0.1) is 11.8 Å². The molecule has 1 spiro atoms. The number of carbonyl (C=O) groups is 2. The number of likely N-dealkylation sites (tertiary alicyclic amines) is 2. The van der Waals surface area contributed by atoms with E-state index >= 15 is 0 Å². The first-order valence-corrected chi connectivity index (χ1v) is 9.50. The van der Waals surface area contributed by atoms with E-state index in [9.17, 15) is 18.0 Å². The summed E-state index contributed by atoms with van der Waals surface area (Å²) in [5.74, 6) is 0.101. The van der Waals surface area contributed by atoms with Gasteiger partial charge in [0.15, 0.2) is 0 Å². The summed E-state index contributed by atoms with van der Waals surface area (Å²) in [5, 5.41) is 0. The largest absolute Gasteiger partial charge is 0.342 e. The molecule has 0 bridgehead atoms. The van der Waals surface area contributed by atoms with Gasteiger partial charge in [-0.2, -0.15) is 0 Å². The fraction of sp³-hybridized carbons (Fsp3) is 0.857. The Kier molecular flexibility index (Phi) is 3.52. The van der Waals surface area contributed by atoms with Crippen LogP contribution in [-0.2, 0) is 19.6 Å². The second kappa shape index (κ2) is 4.92. The van der Waals surface area contributed by atoms with Crippen LogP contribution in [-0.4, -0.2) is 79.4 Å². The Labute approximate surface area is 131 Å². The van der Waals surface area contributed by atoms with Crippen molar-refractivity contribution in [1.29, 1.82) is 0 Å². The van der Waals surface area contributed by atoms with E-state index in [0.717, 1.165) is 0 Å². The third-order valence-corrected chi connectivity index (χ3v) is 7.13. The summed E-state index contributed by atoms with van der Waals surface area (Å²) >= 11 is 0. The summed E-state index contributed by atoms with van der Waals surface area (Å²) in [7, 11) is -1.36. The highest BCUT2D eigenvalue weighted by Crippen LogP contribution is 2.49. The third-order valence-electron chi connectivity index (χ3n) is 5.83. The van der Waals surface area contributed by atoms with Crippen molar-refractivity contribution >= 4 is 21.8 Å². The average molecular weight is 329 g/mol. The lowest BCUT2D eigenvalue weighted by atomic mass is 9.75. The average Bonchev–Trinajstić information content (AvgIpc) is 2.96. The predicted octanol–water partition coefficient (Wildman–Crippen LogP) is -0.653. The van der Waals surface area contributed by atoms with E-state index in [1.165, 1.54) is 17.5 Å². The summed E-state index contributed by atoms with van der Waals surface area (Å²) in [6, 6.07) is 0. The first-order chi connectivity index (χ1) is 10.2. The molecule has 3 aliphatic rings. The summed E-state index contributed by atoms with van der Waals surface area (Å²) in [4.78, 5) is 27.8. The molecular formula is C14H23N3O4S. The second-order valence-electron chi connectivity index (χ2n) is 6.80. The van der Waals surface area contributed by atoms with Crippen LogP contribution >= 0.6 is 0 Å². The molecule has 124 valence electrons. The molecule has 7 nitrogen and oxygen atoms in total. The zero-order chi connectivity index (χ0) is 16.3. The van der Waals surface area contributed by atoms with E-state index in [4.69, 9.17) is 0 Å². The van der Waals surface area contributed by atoms with Crippen LogP contribution < -0.4 is 0 Å². The minimum absolute atomic E-state index is 0.00794. The van der Waals surface area contributed by atoms with Crippen molar-refractivity contribution in [1.82, 2.24) is 14.1 Å². The van der Waals surface area contributed by atoms with Crippen LogP contribution in [0.2, 0.25) is 0 Å². The molecule has 3 aliphatic heterocycles. The lowest BCUT2D eigenvalue weighted by Gasteiger charge is -2.46. The maximum atomic E-state index is 12.6. The van der Waals surface area contributed by atoms with Gasteiger partial charge in [0.2, 0.25) is 21.8 Å². The fourth-order valence-electron chi connectivity index (χ4n) is 4.48. The van der Waals surface area contributed by atoms with Gasteiger partial charge < -0.3 is 9.80 Å². The summed E-state index contributed by atoms with van der Waals surface area (Å²) in [5.41, 5.74) is -0.298. The van der Waals surface area contributed by atoms with Gasteiger partial charge in [-0.15, -0.1) is 0 Å². The quantitative estimate of drug-likeness (QED) is 0.640. The van der Waals surface area contributed by atoms with Gasteiger partial charge in [-0.05, 0) is 12.8 Å². The normalized spacial score (nSPS) is 31.9. The molecule has 22 heavy (non-hydrogen) atoms. The van der Waals surface area contributed by atoms with Gasteiger partial charge in [0.1, 0.15) is 0 Å². The first-order valence-electron chi connectivity index (χ1n) is 7.65. The highest BCUT2D eigenvalue weighted by molar-refractivity contribution is 7.88. The van der Waals surface area contributed by atoms with Gasteiger partial charge >= 0.3 is 0 Å². The van der Waals surface area contributed by atoms with Crippen molar-refractivity contribution in [2.24, 2.45) is 11.8 Å². The highest BCUT2D eigenvalue weighted by atomic mass is 32.2. The molecule has 8 heteroatoms. The molecule has 3 heterocycles. The van der Waals surface area contributed by atoms with Gasteiger partial charge in [-0.25, -0.2) is 12.7 Å². The Morgan fingerprint density at radius 3 is 2.32 bits per heavy atom. The number of amides is 2. The van der Waals surface area contributed by atoms with Crippen molar-refractivity contribution in [2.45, 2.75) is 25.3 Å². The van der Waals surface area contributed by atoms with E-state index in [1.54, 1.807) is 4.90 Å². The van der Waals surface area contributed by atoms with Gasteiger partial charge in [0.05, 0.1) is 17.7 Å². The molecule has 0 aliphatic carbocycles. The Bertz CT molecular complexity index is 610. The van der Waals surface area contributed by atoms with Crippen molar-refractivity contribution in [3.05, 3.63) is 0 Å². The SMILES string of the molecule is CC(=O)N1C[C@H]2C(=O)N(C)C3(CCN(S(C)(=O)=O)CC3)[C@H]2C1. The summed E-state index contributed by atoms with van der Waals surface area (Å²) in [6.45, 7) is 3.53. The molecule has 0 saturated carbocycles. The van der Waals surface area contributed by atoms with Crippen molar-refractivity contribution < 1.29 is 18.0 Å². The predicted molar refractivity (Wildman–Crippen MR) is 80.4 cm³/mol. The van der Waals surface area contributed by atoms with Crippen molar-refractivity contribution in [2.75, 3.05) is 39.5 Å². The van der Waals surface area contributed by atoms with Gasteiger partial charge in [0, 0.05) is 46.1 Å². The van der Waals surface area contributed by atoms with E-state index in [0.29, 0.717) is 39.0 Å². The zero-order valence-corrected chi connectivity index (χ0v) is 14.1. The second-order valence-corrected chi connectivity index (χ2v) is 8.78. The lowest BCUT2D eigenvalue weighted by Crippen LogP contribution is -2.56. The molecule has 0 aromatic carbocycles. The molecule has 3 saturated heterocycles. The van der Waals surface area contributed by atoms with Crippen LogP contribution in [0.3, 0.4) is 0 Å². The molecule has 0 radical (unpaired) electrons. The lowest BCUT2D eigenvalue weighted by molar-refractivity contribution is -0.135. The topological polar surface area (TPSA) is 78.0 Å².